The maximum Gasteiger partial charge on any atom is 0.165 e. The van der Waals surface area contributed by atoms with Gasteiger partial charge in [-0.1, -0.05) is 81.4 Å². The molecule has 0 saturated heterocycles. The van der Waals surface area contributed by atoms with Crippen LogP contribution in [0.4, 0.5) is 11.4 Å². The van der Waals surface area contributed by atoms with Crippen molar-refractivity contribution in [3.63, 3.8) is 0 Å². The van der Waals surface area contributed by atoms with Gasteiger partial charge in [0.25, 0.3) is 0 Å². The number of para-hydroxylation sites is 3. The van der Waals surface area contributed by atoms with E-state index >= 15 is 0 Å². The van der Waals surface area contributed by atoms with E-state index in [1.54, 1.807) is 13.2 Å². The van der Waals surface area contributed by atoms with Crippen LogP contribution in [0.5, 0.6) is 11.5 Å². The minimum Gasteiger partial charge on any atom is -0.504 e. The molecule has 1 atom stereocenters. The molecule has 4 aromatic carbocycles. The third kappa shape index (κ3) is 4.48. The Morgan fingerprint density at radius 1 is 0.700 bits per heavy atom. The Kier molecular flexibility index (Phi) is 6.32. The standard InChI is InChI=1S/C26H24NO2P/c1-29-23-16-10-18-25(26(23)28)30-24-17-9-8-11-20(24)19-27(21-12-4-2-5-13-21)22-14-6-3-7-15-22/h2-18,28,30H,19H2,1H3. The van der Waals surface area contributed by atoms with Crippen LogP contribution in [0.15, 0.2) is 103 Å². The second-order valence-electron chi connectivity index (χ2n) is 6.90. The average Bonchev–Trinajstić information content (AvgIpc) is 2.81. The van der Waals surface area contributed by atoms with Gasteiger partial charge in [-0.15, -0.1) is 0 Å². The van der Waals surface area contributed by atoms with Crippen molar-refractivity contribution in [3.05, 3.63) is 109 Å². The van der Waals surface area contributed by atoms with E-state index in [0.29, 0.717) is 14.3 Å². The molecular weight excluding hydrogens is 389 g/mol. The molecule has 30 heavy (non-hydrogen) atoms. The molecule has 1 N–H and O–H groups in total. The number of rotatable bonds is 7. The maximum atomic E-state index is 10.6. The van der Waals surface area contributed by atoms with Crippen molar-refractivity contribution in [2.45, 2.75) is 6.54 Å². The third-order valence-electron chi connectivity index (χ3n) is 4.97. The van der Waals surface area contributed by atoms with Gasteiger partial charge in [0.15, 0.2) is 11.5 Å². The van der Waals surface area contributed by atoms with Crippen molar-refractivity contribution in [2.24, 2.45) is 0 Å². The van der Waals surface area contributed by atoms with Crippen molar-refractivity contribution in [1.29, 1.82) is 0 Å². The molecule has 4 heteroatoms. The SMILES string of the molecule is COc1cccc(Pc2ccccc2CN(c2ccccc2)c2ccccc2)c1O. The molecule has 0 saturated carbocycles. The fraction of sp³-hybridized carbons (Fsp3) is 0.0769. The Balaban J connectivity index is 1.69. The first kappa shape index (κ1) is 20.0. The molecule has 0 aliphatic carbocycles. The number of aromatic hydroxyl groups is 1. The van der Waals surface area contributed by atoms with Crippen LogP contribution in [0.1, 0.15) is 5.56 Å². The molecule has 0 aliphatic heterocycles. The summed E-state index contributed by atoms with van der Waals surface area (Å²) in [4.78, 5) is 2.31. The summed E-state index contributed by atoms with van der Waals surface area (Å²) in [6.07, 6.45) is 0. The van der Waals surface area contributed by atoms with Crippen molar-refractivity contribution >= 4 is 30.6 Å². The lowest BCUT2D eigenvalue weighted by Crippen LogP contribution is -2.21. The highest BCUT2D eigenvalue weighted by molar-refractivity contribution is 7.55. The second kappa shape index (κ2) is 9.47. The van der Waals surface area contributed by atoms with Crippen LogP contribution in [0.2, 0.25) is 0 Å². The summed E-state index contributed by atoms with van der Waals surface area (Å²) in [5.41, 5.74) is 3.52. The summed E-state index contributed by atoms with van der Waals surface area (Å²) in [5, 5.41) is 12.6. The van der Waals surface area contributed by atoms with Crippen LogP contribution >= 0.6 is 8.58 Å². The summed E-state index contributed by atoms with van der Waals surface area (Å²) in [7, 11) is 1.91. The minimum atomic E-state index is 0.219. The Bertz CT molecular complexity index is 1060. The molecule has 3 nitrogen and oxygen atoms in total. The predicted molar refractivity (Wildman–Crippen MR) is 127 cm³/mol. The van der Waals surface area contributed by atoms with Gasteiger partial charge in [-0.3, -0.25) is 0 Å². The lowest BCUT2D eigenvalue weighted by molar-refractivity contribution is 0.375. The van der Waals surface area contributed by atoms with Gasteiger partial charge in [0.2, 0.25) is 0 Å². The zero-order chi connectivity index (χ0) is 20.8. The topological polar surface area (TPSA) is 32.7 Å². The largest absolute Gasteiger partial charge is 0.504 e. The van der Waals surface area contributed by atoms with Gasteiger partial charge in [0, 0.05) is 23.2 Å². The first-order valence-corrected chi connectivity index (χ1v) is 10.8. The van der Waals surface area contributed by atoms with Gasteiger partial charge in [0.1, 0.15) is 0 Å². The average molecular weight is 413 g/mol. The molecular formula is C26H24NO2P. The van der Waals surface area contributed by atoms with E-state index in [-0.39, 0.29) is 5.75 Å². The van der Waals surface area contributed by atoms with Crippen LogP contribution < -0.4 is 20.2 Å². The maximum absolute atomic E-state index is 10.6. The number of methoxy groups -OCH3 is 1. The van der Waals surface area contributed by atoms with E-state index < -0.39 is 0 Å². The first-order chi connectivity index (χ1) is 14.8. The van der Waals surface area contributed by atoms with Gasteiger partial charge >= 0.3 is 0 Å². The lowest BCUT2D eigenvalue weighted by Gasteiger charge is -2.26. The Morgan fingerprint density at radius 3 is 1.90 bits per heavy atom. The number of phenols is 1. The highest BCUT2D eigenvalue weighted by Crippen LogP contribution is 2.31. The predicted octanol–water partition coefficient (Wildman–Crippen LogP) is 5.37. The first-order valence-electron chi connectivity index (χ1n) is 9.85. The number of ether oxygens (including phenoxy) is 1. The zero-order valence-corrected chi connectivity index (χ0v) is 17.8. The molecule has 0 spiro atoms. The smallest absolute Gasteiger partial charge is 0.165 e. The molecule has 150 valence electrons. The van der Waals surface area contributed by atoms with Gasteiger partial charge in [0.05, 0.1) is 7.11 Å². The Morgan fingerprint density at radius 2 is 1.27 bits per heavy atom. The highest BCUT2D eigenvalue weighted by Gasteiger charge is 2.14. The van der Waals surface area contributed by atoms with E-state index in [0.717, 1.165) is 23.2 Å². The molecule has 0 aromatic heterocycles. The monoisotopic (exact) mass is 413 g/mol. The van der Waals surface area contributed by atoms with E-state index in [1.807, 2.05) is 24.3 Å². The zero-order valence-electron chi connectivity index (χ0n) is 16.8. The number of hydrogen-bond acceptors (Lipinski definition) is 3. The van der Waals surface area contributed by atoms with Crippen molar-refractivity contribution in [3.8, 4) is 11.5 Å². The molecule has 1 unspecified atom stereocenters. The Hall–Kier alpha value is -3.29. The van der Waals surface area contributed by atoms with Crippen LogP contribution in [-0.2, 0) is 6.54 Å². The van der Waals surface area contributed by atoms with Gasteiger partial charge < -0.3 is 14.7 Å². The van der Waals surface area contributed by atoms with Crippen molar-refractivity contribution in [1.82, 2.24) is 0 Å². The lowest BCUT2D eigenvalue weighted by atomic mass is 10.1. The van der Waals surface area contributed by atoms with E-state index in [4.69, 9.17) is 4.74 Å². The molecule has 0 fully saturated rings. The fourth-order valence-electron chi connectivity index (χ4n) is 3.43. The summed E-state index contributed by atoms with van der Waals surface area (Å²) in [6.45, 7) is 0.738. The van der Waals surface area contributed by atoms with Crippen LogP contribution in [0.3, 0.4) is 0 Å². The van der Waals surface area contributed by atoms with Crippen LogP contribution in [-0.4, -0.2) is 12.2 Å². The van der Waals surface area contributed by atoms with E-state index in [9.17, 15) is 5.11 Å². The number of hydrogen-bond donors (Lipinski definition) is 1. The molecule has 0 amide bonds. The molecule has 4 aromatic rings. The number of benzene rings is 4. The quantitative estimate of drug-likeness (QED) is 0.414. The second-order valence-corrected chi connectivity index (χ2v) is 8.22. The summed E-state index contributed by atoms with van der Waals surface area (Å²) in [5.74, 6) is 0.726. The fourth-order valence-corrected chi connectivity index (χ4v) is 4.64. The summed E-state index contributed by atoms with van der Waals surface area (Å²) < 4.78 is 5.28. The summed E-state index contributed by atoms with van der Waals surface area (Å²) >= 11 is 0. The molecule has 4 rings (SSSR count). The number of anilines is 2. The van der Waals surface area contributed by atoms with Crippen LogP contribution in [0, 0.1) is 0 Å². The summed E-state index contributed by atoms with van der Waals surface area (Å²) in [6, 6.07) is 34.9. The Labute approximate surface area is 179 Å². The van der Waals surface area contributed by atoms with E-state index in [2.05, 4.69) is 77.7 Å². The van der Waals surface area contributed by atoms with Crippen molar-refractivity contribution in [2.75, 3.05) is 12.0 Å². The van der Waals surface area contributed by atoms with Crippen molar-refractivity contribution < 1.29 is 9.84 Å². The van der Waals surface area contributed by atoms with Gasteiger partial charge in [-0.05, 0) is 41.2 Å². The number of phenolic OH excluding ortho intramolecular Hbond substituents is 1. The molecule has 0 heterocycles. The molecule has 0 aliphatic rings. The number of nitrogens with zero attached hydrogens (tertiary/aromatic N) is 1. The normalized spacial score (nSPS) is 11.0. The minimum absolute atomic E-state index is 0.219. The highest BCUT2D eigenvalue weighted by atomic mass is 31.1. The third-order valence-corrected chi connectivity index (χ3v) is 6.40. The molecule has 0 radical (unpaired) electrons. The van der Waals surface area contributed by atoms with E-state index in [1.165, 1.54) is 10.9 Å². The van der Waals surface area contributed by atoms with Gasteiger partial charge in [-0.25, -0.2) is 0 Å². The molecule has 0 bridgehead atoms. The van der Waals surface area contributed by atoms with Gasteiger partial charge in [-0.2, -0.15) is 0 Å². The van der Waals surface area contributed by atoms with Crippen LogP contribution in [0.25, 0.3) is 0 Å².